The van der Waals surface area contributed by atoms with Gasteiger partial charge in [-0.2, -0.15) is 0 Å². The van der Waals surface area contributed by atoms with E-state index in [9.17, 15) is 8.42 Å². The fourth-order valence-electron chi connectivity index (χ4n) is 2.02. The lowest BCUT2D eigenvalue weighted by molar-refractivity contribution is 0.461. The van der Waals surface area contributed by atoms with Crippen LogP contribution in [0, 0.1) is 0 Å². The summed E-state index contributed by atoms with van der Waals surface area (Å²) in [7, 11) is -1.53. The predicted octanol–water partition coefficient (Wildman–Crippen LogP) is 3.34. The summed E-state index contributed by atoms with van der Waals surface area (Å²) in [4.78, 5) is 4.49. The largest absolute Gasteiger partial charge is 0.357 e. The van der Waals surface area contributed by atoms with Crippen molar-refractivity contribution < 1.29 is 8.42 Å². The van der Waals surface area contributed by atoms with E-state index >= 15 is 0 Å². The minimum absolute atomic E-state index is 0. The SMILES string of the molecule is CCNC(=NCc1ccc(Cl)cc1Cl)NCCCN(C)S(=O)(=O)CC.I. The quantitative estimate of drug-likeness (QED) is 0.220. The molecule has 0 spiro atoms. The molecule has 0 radical (unpaired) electrons. The van der Waals surface area contributed by atoms with Crippen molar-refractivity contribution in [2.24, 2.45) is 4.99 Å². The Morgan fingerprint density at radius 2 is 1.92 bits per heavy atom. The van der Waals surface area contributed by atoms with E-state index in [1.165, 1.54) is 4.31 Å². The zero-order valence-electron chi connectivity index (χ0n) is 15.3. The molecular formula is C16H27Cl2IN4O2S. The van der Waals surface area contributed by atoms with Crippen molar-refractivity contribution >= 4 is 63.2 Å². The van der Waals surface area contributed by atoms with E-state index in [0.717, 1.165) is 12.1 Å². The molecular weight excluding hydrogens is 510 g/mol. The summed E-state index contributed by atoms with van der Waals surface area (Å²) in [6.07, 6.45) is 0.682. The van der Waals surface area contributed by atoms with E-state index < -0.39 is 10.0 Å². The van der Waals surface area contributed by atoms with Crippen molar-refractivity contribution in [1.82, 2.24) is 14.9 Å². The average Bonchev–Trinajstić information content (AvgIpc) is 2.57. The standard InChI is InChI=1S/C16H26Cl2N4O2S.HI/c1-4-19-16(20-9-6-10-22(3)25(23,24)5-2)21-12-13-7-8-14(17)11-15(13)18;/h7-8,11H,4-6,9-10,12H2,1-3H3,(H2,19,20,21);1H. The summed E-state index contributed by atoms with van der Waals surface area (Å²) in [5.74, 6) is 0.776. The number of guanidine groups is 1. The summed E-state index contributed by atoms with van der Waals surface area (Å²) >= 11 is 12.0. The Hall–Kier alpha value is -0.290. The Labute approximate surface area is 183 Å². The first-order valence-electron chi connectivity index (χ1n) is 8.20. The van der Waals surface area contributed by atoms with Crippen LogP contribution in [0.2, 0.25) is 10.0 Å². The van der Waals surface area contributed by atoms with E-state index in [0.29, 0.717) is 42.1 Å². The molecule has 0 fully saturated rings. The molecule has 1 aromatic rings. The van der Waals surface area contributed by atoms with Crippen LogP contribution >= 0.6 is 47.2 Å². The second-order valence-electron chi connectivity index (χ2n) is 5.43. The number of hydrogen-bond acceptors (Lipinski definition) is 3. The van der Waals surface area contributed by atoms with Crippen LogP contribution < -0.4 is 10.6 Å². The Morgan fingerprint density at radius 3 is 2.50 bits per heavy atom. The monoisotopic (exact) mass is 536 g/mol. The van der Waals surface area contributed by atoms with Gasteiger partial charge in [-0.1, -0.05) is 29.3 Å². The van der Waals surface area contributed by atoms with Crippen molar-refractivity contribution in [3.8, 4) is 0 Å². The summed E-state index contributed by atoms with van der Waals surface area (Å²) < 4.78 is 24.8. The Morgan fingerprint density at radius 1 is 1.23 bits per heavy atom. The van der Waals surface area contributed by atoms with Gasteiger partial charge in [0.15, 0.2) is 5.96 Å². The molecule has 0 saturated carbocycles. The van der Waals surface area contributed by atoms with E-state index in [-0.39, 0.29) is 29.7 Å². The Kier molecular flexibility index (Phi) is 12.8. The Balaban J connectivity index is 0.00000625. The van der Waals surface area contributed by atoms with Crippen molar-refractivity contribution in [3.63, 3.8) is 0 Å². The molecule has 0 aliphatic heterocycles. The molecule has 0 saturated heterocycles. The first-order valence-corrected chi connectivity index (χ1v) is 10.6. The van der Waals surface area contributed by atoms with Gasteiger partial charge in [-0.3, -0.25) is 0 Å². The third kappa shape index (κ3) is 9.07. The Bertz CT molecular complexity index is 687. The minimum Gasteiger partial charge on any atom is -0.357 e. The fraction of sp³-hybridized carbons (Fsp3) is 0.562. The number of aliphatic imine (C=N–C) groups is 1. The molecule has 0 heterocycles. The van der Waals surface area contributed by atoms with Gasteiger partial charge < -0.3 is 10.6 Å². The topological polar surface area (TPSA) is 73.8 Å². The van der Waals surface area contributed by atoms with E-state index in [1.807, 2.05) is 13.0 Å². The maximum Gasteiger partial charge on any atom is 0.213 e. The van der Waals surface area contributed by atoms with Crippen LogP contribution in [0.5, 0.6) is 0 Å². The molecule has 2 N–H and O–H groups in total. The normalized spacial score (nSPS) is 12.0. The third-order valence-corrected chi connectivity index (χ3v) is 6.00. The molecule has 6 nitrogen and oxygen atoms in total. The predicted molar refractivity (Wildman–Crippen MR) is 121 cm³/mol. The number of sulfonamides is 1. The molecule has 1 rings (SSSR count). The highest BCUT2D eigenvalue weighted by Gasteiger charge is 2.13. The number of rotatable bonds is 9. The number of halogens is 3. The van der Waals surface area contributed by atoms with Gasteiger partial charge in [-0.25, -0.2) is 17.7 Å². The van der Waals surface area contributed by atoms with Crippen molar-refractivity contribution in [2.45, 2.75) is 26.8 Å². The summed E-state index contributed by atoms with van der Waals surface area (Å²) in [5.41, 5.74) is 0.886. The minimum atomic E-state index is -3.13. The zero-order valence-corrected chi connectivity index (χ0v) is 19.9. The second kappa shape index (κ2) is 13.0. The fourth-order valence-corrected chi connectivity index (χ4v) is 3.34. The molecule has 150 valence electrons. The van der Waals surface area contributed by atoms with Crippen LogP contribution in [0.25, 0.3) is 0 Å². The highest BCUT2D eigenvalue weighted by molar-refractivity contribution is 14.0. The third-order valence-electron chi connectivity index (χ3n) is 3.55. The lowest BCUT2D eigenvalue weighted by Gasteiger charge is -2.16. The lowest BCUT2D eigenvalue weighted by Crippen LogP contribution is -2.39. The first-order chi connectivity index (χ1) is 11.8. The van der Waals surface area contributed by atoms with Gasteiger partial charge in [0.2, 0.25) is 10.0 Å². The summed E-state index contributed by atoms with van der Waals surface area (Å²) in [6.45, 7) is 5.85. The van der Waals surface area contributed by atoms with Crippen molar-refractivity contribution in [3.05, 3.63) is 33.8 Å². The summed E-state index contributed by atoms with van der Waals surface area (Å²) in [6, 6.07) is 5.32. The van der Waals surface area contributed by atoms with Gasteiger partial charge >= 0.3 is 0 Å². The number of nitrogens with one attached hydrogen (secondary N) is 2. The van der Waals surface area contributed by atoms with Crippen LogP contribution in [0.15, 0.2) is 23.2 Å². The maximum atomic E-state index is 11.7. The lowest BCUT2D eigenvalue weighted by atomic mass is 10.2. The van der Waals surface area contributed by atoms with Crippen LogP contribution in [-0.4, -0.2) is 51.1 Å². The molecule has 0 unspecified atom stereocenters. The van der Waals surface area contributed by atoms with Gasteiger partial charge in [0.25, 0.3) is 0 Å². The van der Waals surface area contributed by atoms with Gasteiger partial charge in [-0.15, -0.1) is 24.0 Å². The highest BCUT2D eigenvalue weighted by atomic mass is 127. The second-order valence-corrected chi connectivity index (χ2v) is 8.64. The summed E-state index contributed by atoms with van der Waals surface area (Å²) in [5, 5.41) is 7.52. The first kappa shape index (κ1) is 25.7. The maximum absolute atomic E-state index is 11.7. The van der Waals surface area contributed by atoms with Crippen LogP contribution in [0.3, 0.4) is 0 Å². The van der Waals surface area contributed by atoms with Crippen LogP contribution in [0.4, 0.5) is 0 Å². The van der Waals surface area contributed by atoms with Gasteiger partial charge in [0.1, 0.15) is 0 Å². The molecule has 0 aliphatic carbocycles. The van der Waals surface area contributed by atoms with Gasteiger partial charge in [0, 0.05) is 36.7 Å². The van der Waals surface area contributed by atoms with Crippen LogP contribution in [-0.2, 0) is 16.6 Å². The molecule has 0 aliphatic rings. The average molecular weight is 537 g/mol. The van der Waals surface area contributed by atoms with Gasteiger partial charge in [0.05, 0.1) is 12.3 Å². The van der Waals surface area contributed by atoms with Crippen molar-refractivity contribution in [2.75, 3.05) is 32.4 Å². The smallest absolute Gasteiger partial charge is 0.213 e. The highest BCUT2D eigenvalue weighted by Crippen LogP contribution is 2.21. The van der Waals surface area contributed by atoms with Gasteiger partial charge in [-0.05, 0) is 38.0 Å². The number of hydrogen-bond donors (Lipinski definition) is 2. The molecule has 0 aromatic heterocycles. The zero-order chi connectivity index (χ0) is 18.9. The molecule has 0 atom stereocenters. The van der Waals surface area contributed by atoms with Crippen LogP contribution in [0.1, 0.15) is 25.8 Å². The van der Waals surface area contributed by atoms with E-state index in [1.54, 1.807) is 26.1 Å². The molecule has 10 heteroatoms. The molecule has 1 aromatic carbocycles. The van der Waals surface area contributed by atoms with E-state index in [4.69, 9.17) is 23.2 Å². The number of benzene rings is 1. The number of nitrogens with zero attached hydrogens (tertiary/aromatic N) is 2. The van der Waals surface area contributed by atoms with E-state index in [2.05, 4.69) is 15.6 Å². The molecule has 26 heavy (non-hydrogen) atoms. The molecule has 0 amide bonds. The van der Waals surface area contributed by atoms with Crippen molar-refractivity contribution in [1.29, 1.82) is 0 Å². The molecule has 0 bridgehead atoms.